The van der Waals surface area contributed by atoms with E-state index < -0.39 is 0 Å². The van der Waals surface area contributed by atoms with Gasteiger partial charge in [0.05, 0.1) is 11.4 Å². The van der Waals surface area contributed by atoms with Gasteiger partial charge in [0.1, 0.15) is 5.82 Å². The number of nitrogen functional groups attached to an aromatic ring is 1. The summed E-state index contributed by atoms with van der Waals surface area (Å²) in [6, 6.07) is 12.3. The van der Waals surface area contributed by atoms with Crippen molar-refractivity contribution in [2.45, 2.75) is 0 Å². The van der Waals surface area contributed by atoms with Gasteiger partial charge in [0.2, 0.25) is 0 Å². The predicted octanol–water partition coefficient (Wildman–Crippen LogP) is 2.66. The molecule has 0 bridgehead atoms. The van der Waals surface area contributed by atoms with Crippen molar-refractivity contribution < 1.29 is 9.18 Å². The third kappa shape index (κ3) is 2.60. The SMILES string of the molecule is Nc1ccccc1NC(=O)c1ccc(F)cc1. The van der Waals surface area contributed by atoms with Crippen molar-refractivity contribution in [2.24, 2.45) is 0 Å². The molecule has 2 aromatic carbocycles. The number of nitrogens with two attached hydrogens (primary N) is 1. The van der Waals surface area contributed by atoms with Crippen LogP contribution < -0.4 is 11.1 Å². The number of carbonyl (C=O) groups is 1. The summed E-state index contributed by atoms with van der Waals surface area (Å²) < 4.78 is 12.7. The molecule has 0 aromatic heterocycles. The minimum atomic E-state index is -0.374. The molecule has 4 heteroatoms. The van der Waals surface area contributed by atoms with Gasteiger partial charge in [0.15, 0.2) is 0 Å². The summed E-state index contributed by atoms with van der Waals surface area (Å²) in [6.45, 7) is 0. The Hall–Kier alpha value is -2.36. The minimum Gasteiger partial charge on any atom is -0.397 e. The van der Waals surface area contributed by atoms with E-state index in [0.29, 0.717) is 16.9 Å². The Morgan fingerprint density at radius 3 is 2.35 bits per heavy atom. The fourth-order valence-corrected chi connectivity index (χ4v) is 1.41. The van der Waals surface area contributed by atoms with E-state index in [4.69, 9.17) is 5.73 Å². The lowest BCUT2D eigenvalue weighted by Gasteiger charge is -2.07. The number of benzene rings is 2. The standard InChI is InChI=1S/C13H11FN2O/c14-10-7-5-9(6-8-10)13(17)16-12-4-2-1-3-11(12)15/h1-8H,15H2,(H,16,17). The third-order valence-corrected chi connectivity index (χ3v) is 2.32. The highest BCUT2D eigenvalue weighted by Gasteiger charge is 2.07. The lowest BCUT2D eigenvalue weighted by molar-refractivity contribution is 0.102. The second kappa shape index (κ2) is 4.65. The molecule has 3 nitrogen and oxygen atoms in total. The Labute approximate surface area is 98.1 Å². The maximum absolute atomic E-state index is 12.7. The fourth-order valence-electron chi connectivity index (χ4n) is 1.41. The van der Waals surface area contributed by atoms with Crippen molar-refractivity contribution in [1.29, 1.82) is 0 Å². The molecule has 0 aliphatic heterocycles. The van der Waals surface area contributed by atoms with Crippen molar-refractivity contribution in [3.63, 3.8) is 0 Å². The topological polar surface area (TPSA) is 55.1 Å². The molecule has 0 aliphatic rings. The van der Waals surface area contributed by atoms with Crippen LogP contribution in [0, 0.1) is 5.82 Å². The Bertz CT molecular complexity index is 537. The van der Waals surface area contributed by atoms with Crippen LogP contribution in [-0.4, -0.2) is 5.91 Å². The van der Waals surface area contributed by atoms with E-state index in [2.05, 4.69) is 5.32 Å². The minimum absolute atomic E-state index is 0.317. The summed E-state index contributed by atoms with van der Waals surface area (Å²) >= 11 is 0. The van der Waals surface area contributed by atoms with E-state index in [0.717, 1.165) is 0 Å². The van der Waals surface area contributed by atoms with Crippen LogP contribution in [0.4, 0.5) is 15.8 Å². The number of amides is 1. The Morgan fingerprint density at radius 1 is 1.06 bits per heavy atom. The van der Waals surface area contributed by atoms with Crippen molar-refractivity contribution in [3.05, 3.63) is 59.9 Å². The molecule has 0 unspecified atom stereocenters. The van der Waals surface area contributed by atoms with E-state index >= 15 is 0 Å². The molecular formula is C13H11FN2O. The van der Waals surface area contributed by atoms with Gasteiger partial charge in [-0.3, -0.25) is 4.79 Å². The van der Waals surface area contributed by atoms with Crippen LogP contribution in [0.5, 0.6) is 0 Å². The van der Waals surface area contributed by atoms with Crippen molar-refractivity contribution in [3.8, 4) is 0 Å². The summed E-state index contributed by atoms with van der Waals surface area (Å²) in [5.74, 6) is -0.691. The third-order valence-electron chi connectivity index (χ3n) is 2.32. The monoisotopic (exact) mass is 230 g/mol. The molecule has 0 heterocycles. The van der Waals surface area contributed by atoms with Gasteiger partial charge in [-0.2, -0.15) is 0 Å². The smallest absolute Gasteiger partial charge is 0.255 e. The van der Waals surface area contributed by atoms with Gasteiger partial charge in [0, 0.05) is 5.56 Å². The van der Waals surface area contributed by atoms with E-state index in [9.17, 15) is 9.18 Å². The average Bonchev–Trinajstić information content (AvgIpc) is 2.33. The summed E-state index contributed by atoms with van der Waals surface area (Å²) in [5, 5.41) is 2.66. The molecule has 0 aliphatic carbocycles. The van der Waals surface area contributed by atoms with Gasteiger partial charge < -0.3 is 11.1 Å². The maximum atomic E-state index is 12.7. The molecule has 2 rings (SSSR count). The summed E-state index contributed by atoms with van der Waals surface area (Å²) in [4.78, 5) is 11.8. The Kier molecular flexibility index (Phi) is 3.05. The molecule has 0 fully saturated rings. The number of nitrogens with one attached hydrogen (secondary N) is 1. The first kappa shape index (κ1) is 11.1. The first-order valence-corrected chi connectivity index (χ1v) is 5.08. The molecule has 0 saturated heterocycles. The normalized spacial score (nSPS) is 9.94. The van der Waals surface area contributed by atoms with Crippen LogP contribution in [0.2, 0.25) is 0 Å². The summed E-state index contributed by atoms with van der Waals surface area (Å²) in [5.41, 5.74) is 7.11. The number of hydrogen-bond donors (Lipinski definition) is 2. The van der Waals surface area contributed by atoms with Gasteiger partial charge in [-0.05, 0) is 36.4 Å². The molecule has 0 atom stereocenters. The molecule has 17 heavy (non-hydrogen) atoms. The lowest BCUT2D eigenvalue weighted by Crippen LogP contribution is -2.13. The zero-order valence-corrected chi connectivity index (χ0v) is 8.98. The van der Waals surface area contributed by atoms with Crippen LogP contribution in [0.1, 0.15) is 10.4 Å². The van der Waals surface area contributed by atoms with Gasteiger partial charge in [-0.25, -0.2) is 4.39 Å². The van der Waals surface area contributed by atoms with Crippen molar-refractivity contribution in [2.75, 3.05) is 11.1 Å². The highest BCUT2D eigenvalue weighted by atomic mass is 19.1. The number of hydrogen-bond acceptors (Lipinski definition) is 2. The van der Waals surface area contributed by atoms with Gasteiger partial charge in [0.25, 0.3) is 5.91 Å². The van der Waals surface area contributed by atoms with E-state index in [1.807, 2.05) is 0 Å². The van der Waals surface area contributed by atoms with Crippen LogP contribution in [0.15, 0.2) is 48.5 Å². The van der Waals surface area contributed by atoms with Crippen LogP contribution in [0.3, 0.4) is 0 Å². The molecular weight excluding hydrogens is 219 g/mol. The van der Waals surface area contributed by atoms with Gasteiger partial charge >= 0.3 is 0 Å². The van der Waals surface area contributed by atoms with E-state index in [1.165, 1.54) is 24.3 Å². The average molecular weight is 230 g/mol. The lowest BCUT2D eigenvalue weighted by atomic mass is 10.2. The molecule has 86 valence electrons. The predicted molar refractivity (Wildman–Crippen MR) is 65.2 cm³/mol. The Balaban J connectivity index is 2.17. The van der Waals surface area contributed by atoms with Crippen molar-refractivity contribution in [1.82, 2.24) is 0 Å². The number of anilines is 2. The zero-order chi connectivity index (χ0) is 12.3. The van der Waals surface area contributed by atoms with E-state index in [1.54, 1.807) is 24.3 Å². The van der Waals surface area contributed by atoms with Gasteiger partial charge in [-0.1, -0.05) is 12.1 Å². The Morgan fingerprint density at radius 2 is 1.71 bits per heavy atom. The highest BCUT2D eigenvalue weighted by Crippen LogP contribution is 2.17. The van der Waals surface area contributed by atoms with Gasteiger partial charge in [-0.15, -0.1) is 0 Å². The maximum Gasteiger partial charge on any atom is 0.255 e. The second-order valence-electron chi connectivity index (χ2n) is 3.55. The molecule has 0 saturated carbocycles. The van der Waals surface area contributed by atoms with E-state index in [-0.39, 0.29) is 11.7 Å². The number of carbonyl (C=O) groups excluding carboxylic acids is 1. The largest absolute Gasteiger partial charge is 0.397 e. The fraction of sp³-hybridized carbons (Fsp3) is 0. The highest BCUT2D eigenvalue weighted by molar-refractivity contribution is 6.05. The first-order chi connectivity index (χ1) is 8.16. The quantitative estimate of drug-likeness (QED) is 0.779. The molecule has 2 aromatic rings. The number of rotatable bonds is 2. The molecule has 1 amide bonds. The van der Waals surface area contributed by atoms with Crippen LogP contribution in [0.25, 0.3) is 0 Å². The summed E-state index contributed by atoms with van der Waals surface area (Å²) in [6.07, 6.45) is 0. The summed E-state index contributed by atoms with van der Waals surface area (Å²) in [7, 11) is 0. The first-order valence-electron chi connectivity index (χ1n) is 5.08. The zero-order valence-electron chi connectivity index (χ0n) is 8.98. The molecule has 3 N–H and O–H groups in total. The van der Waals surface area contributed by atoms with Crippen molar-refractivity contribution >= 4 is 17.3 Å². The molecule has 0 spiro atoms. The number of halogens is 1. The van der Waals surface area contributed by atoms with Crippen LogP contribution >= 0.6 is 0 Å². The second-order valence-corrected chi connectivity index (χ2v) is 3.55. The molecule has 0 radical (unpaired) electrons. The number of para-hydroxylation sites is 2. The van der Waals surface area contributed by atoms with Crippen LogP contribution in [-0.2, 0) is 0 Å².